The van der Waals surface area contributed by atoms with Crippen LogP contribution >= 0.6 is 25.8 Å². The largest absolute Gasteiger partial charge is 0.334 e. The van der Waals surface area contributed by atoms with Crippen LogP contribution in [0.1, 0.15) is 83.1 Å². The summed E-state index contributed by atoms with van der Waals surface area (Å²) in [5, 5.41) is 0. The van der Waals surface area contributed by atoms with Crippen molar-refractivity contribution in [3.63, 3.8) is 0 Å². The summed E-state index contributed by atoms with van der Waals surface area (Å²) in [6, 6.07) is 0. The van der Waals surface area contributed by atoms with Gasteiger partial charge in [0.15, 0.2) is 0 Å². The highest BCUT2D eigenvalue weighted by atomic mass is 31.2. The second-order valence-electron chi connectivity index (χ2n) is 11.6. The van der Waals surface area contributed by atoms with Gasteiger partial charge in [-0.2, -0.15) is 0 Å². The van der Waals surface area contributed by atoms with Crippen molar-refractivity contribution in [1.29, 1.82) is 0 Å². The molecule has 3 rings (SSSR count). The Kier molecular flexibility index (Phi) is 8.07. The van der Waals surface area contributed by atoms with E-state index in [0.717, 1.165) is 0 Å². The van der Waals surface area contributed by atoms with E-state index in [0.29, 0.717) is 0 Å². The first kappa shape index (κ1) is 28.5. The summed E-state index contributed by atoms with van der Waals surface area (Å²) < 4.78 is 54.3. The van der Waals surface area contributed by atoms with Crippen molar-refractivity contribution in [1.82, 2.24) is 0 Å². The highest BCUT2D eigenvalue weighted by molar-refractivity contribution is 7.42. The molecule has 3 aliphatic heterocycles. The van der Waals surface area contributed by atoms with E-state index in [9.17, 15) is 0 Å². The fraction of sp³-hybridized carbons (Fsp3) is 1.00. The summed E-state index contributed by atoms with van der Waals surface area (Å²) in [4.78, 5) is 0. The first-order valence-electron chi connectivity index (χ1n) is 11.2. The lowest BCUT2D eigenvalue weighted by Gasteiger charge is -2.29. The molecule has 0 bridgehead atoms. The van der Waals surface area contributed by atoms with E-state index in [1.54, 1.807) is 0 Å². The third kappa shape index (κ3) is 6.09. The van der Waals surface area contributed by atoms with Crippen molar-refractivity contribution < 1.29 is 40.7 Å². The fourth-order valence-electron chi connectivity index (χ4n) is 2.50. The van der Waals surface area contributed by atoms with Crippen LogP contribution in [0.2, 0.25) is 0 Å². The minimum atomic E-state index is -1.59. The standard InChI is InChI=1S/C21H41O9P3/c1-16(2)17(3,4)26-31(25-16)22-13-15(24-33-29-20(9,10)21(11,12)30-33)14-23-32-27-18(5,6)19(7,8)28-32/h15H,13-14H2,1-12H3. The number of hydrogen-bond acceptors (Lipinski definition) is 9. The number of hydrogen-bond donors (Lipinski definition) is 0. The quantitative estimate of drug-likeness (QED) is 0.311. The van der Waals surface area contributed by atoms with Crippen molar-refractivity contribution in [2.75, 3.05) is 13.2 Å². The van der Waals surface area contributed by atoms with Gasteiger partial charge in [0.05, 0.1) is 13.2 Å². The highest BCUT2D eigenvalue weighted by Gasteiger charge is 2.54. The van der Waals surface area contributed by atoms with Gasteiger partial charge in [0.2, 0.25) is 0 Å². The van der Waals surface area contributed by atoms with Gasteiger partial charge in [-0.3, -0.25) is 0 Å². The zero-order valence-corrected chi connectivity index (χ0v) is 24.7. The van der Waals surface area contributed by atoms with E-state index >= 15 is 0 Å². The monoisotopic (exact) mass is 530 g/mol. The molecule has 3 fully saturated rings. The van der Waals surface area contributed by atoms with Crippen LogP contribution < -0.4 is 0 Å². The zero-order valence-electron chi connectivity index (χ0n) is 22.0. The molecule has 0 amide bonds. The normalized spacial score (nSPS) is 30.5. The summed E-state index contributed by atoms with van der Waals surface area (Å²) in [6.07, 6.45) is -0.496. The third-order valence-corrected chi connectivity index (χ3v) is 12.0. The molecule has 0 aromatic rings. The lowest BCUT2D eigenvalue weighted by Crippen LogP contribution is -2.41. The van der Waals surface area contributed by atoms with Crippen molar-refractivity contribution in [3.05, 3.63) is 0 Å². The van der Waals surface area contributed by atoms with E-state index in [1.165, 1.54) is 0 Å². The van der Waals surface area contributed by atoms with E-state index in [1.807, 2.05) is 83.1 Å². The van der Waals surface area contributed by atoms with Crippen LogP contribution in [0, 0.1) is 0 Å². The maximum absolute atomic E-state index is 6.18. The first-order valence-corrected chi connectivity index (χ1v) is 14.5. The fourth-order valence-corrected chi connectivity index (χ4v) is 7.41. The average Bonchev–Trinajstić information content (AvgIpc) is 3.04. The molecule has 12 heteroatoms. The molecule has 3 aliphatic rings. The second kappa shape index (κ2) is 9.35. The molecule has 0 unspecified atom stereocenters. The van der Waals surface area contributed by atoms with E-state index < -0.39 is 65.5 Å². The molecule has 9 nitrogen and oxygen atoms in total. The Morgan fingerprint density at radius 3 is 0.970 bits per heavy atom. The second-order valence-corrected chi connectivity index (χ2v) is 14.8. The summed E-state index contributed by atoms with van der Waals surface area (Å²) in [5.74, 6) is 0. The third-order valence-electron chi connectivity index (χ3n) is 7.13. The van der Waals surface area contributed by atoms with Crippen LogP contribution in [0.5, 0.6) is 0 Å². The Bertz CT molecular complexity index is 623. The van der Waals surface area contributed by atoms with Gasteiger partial charge in [0.1, 0.15) is 39.7 Å². The molecule has 0 spiro atoms. The highest BCUT2D eigenvalue weighted by Crippen LogP contribution is 2.62. The Hall–Kier alpha value is 0.930. The maximum Gasteiger partial charge on any atom is 0.334 e. The van der Waals surface area contributed by atoms with Gasteiger partial charge in [0, 0.05) is 0 Å². The molecule has 0 radical (unpaired) electrons. The SMILES string of the molecule is CC1(C)OP(OCC(COP2OC(C)(C)C(C)(C)O2)OP2OC(C)(C)C(C)(C)O2)OC1(C)C. The zero-order chi connectivity index (χ0) is 25.1. The molecule has 0 atom stereocenters. The number of rotatable bonds is 8. The summed E-state index contributed by atoms with van der Waals surface area (Å²) in [6.45, 7) is 24.2. The van der Waals surface area contributed by atoms with Crippen LogP contribution in [-0.4, -0.2) is 52.9 Å². The Balaban J connectivity index is 1.62. The van der Waals surface area contributed by atoms with Crippen LogP contribution in [-0.2, 0) is 40.7 Å². The predicted molar refractivity (Wildman–Crippen MR) is 129 cm³/mol. The van der Waals surface area contributed by atoms with Gasteiger partial charge in [-0.1, -0.05) is 0 Å². The van der Waals surface area contributed by atoms with Crippen LogP contribution in [0.25, 0.3) is 0 Å². The van der Waals surface area contributed by atoms with Gasteiger partial charge < -0.3 is 40.7 Å². The minimum absolute atomic E-state index is 0.181. The smallest absolute Gasteiger partial charge is 0.309 e. The van der Waals surface area contributed by atoms with E-state index in [4.69, 9.17) is 40.7 Å². The molecular formula is C21H41O9P3. The topological polar surface area (TPSA) is 83.1 Å². The Morgan fingerprint density at radius 1 is 0.455 bits per heavy atom. The Morgan fingerprint density at radius 2 is 0.697 bits per heavy atom. The molecule has 3 saturated heterocycles. The molecule has 0 N–H and O–H groups in total. The molecule has 0 aromatic carbocycles. The van der Waals surface area contributed by atoms with Gasteiger partial charge in [-0.25, -0.2) is 0 Å². The summed E-state index contributed by atoms with van der Waals surface area (Å²) >= 11 is 0. The van der Waals surface area contributed by atoms with Crippen LogP contribution in [0.15, 0.2) is 0 Å². The lowest BCUT2D eigenvalue weighted by atomic mass is 9.90. The van der Waals surface area contributed by atoms with Gasteiger partial charge in [0.25, 0.3) is 0 Å². The van der Waals surface area contributed by atoms with Crippen molar-refractivity contribution in [3.8, 4) is 0 Å². The molecular weight excluding hydrogens is 489 g/mol. The Labute approximate surface area is 202 Å². The molecule has 0 aromatic heterocycles. The lowest BCUT2D eigenvalue weighted by molar-refractivity contribution is 0.00578. The first-order chi connectivity index (χ1) is 14.8. The molecule has 33 heavy (non-hydrogen) atoms. The molecule has 0 aliphatic carbocycles. The summed E-state index contributed by atoms with van der Waals surface area (Å²) in [7, 11) is -4.65. The molecule has 194 valence electrons. The van der Waals surface area contributed by atoms with Gasteiger partial charge in [-0.15, -0.1) is 0 Å². The molecule has 3 heterocycles. The summed E-state index contributed by atoms with van der Waals surface area (Å²) in [5.41, 5.74) is -2.84. The maximum atomic E-state index is 6.18. The van der Waals surface area contributed by atoms with E-state index in [-0.39, 0.29) is 13.2 Å². The van der Waals surface area contributed by atoms with Crippen molar-refractivity contribution in [2.24, 2.45) is 0 Å². The minimum Gasteiger partial charge on any atom is -0.309 e. The van der Waals surface area contributed by atoms with Gasteiger partial charge >= 0.3 is 25.8 Å². The van der Waals surface area contributed by atoms with E-state index in [2.05, 4.69) is 0 Å². The van der Waals surface area contributed by atoms with Crippen LogP contribution in [0.4, 0.5) is 0 Å². The van der Waals surface area contributed by atoms with Crippen LogP contribution in [0.3, 0.4) is 0 Å². The average molecular weight is 530 g/mol. The molecule has 0 saturated carbocycles. The van der Waals surface area contributed by atoms with Crippen molar-refractivity contribution in [2.45, 2.75) is 123 Å². The predicted octanol–water partition coefficient (Wildman–Crippen LogP) is 6.90. The van der Waals surface area contributed by atoms with Crippen molar-refractivity contribution >= 4 is 25.8 Å². The van der Waals surface area contributed by atoms with Gasteiger partial charge in [-0.05, 0) is 83.1 Å².